The third-order valence-corrected chi connectivity index (χ3v) is 4.77. The Morgan fingerprint density at radius 1 is 1.37 bits per heavy atom. The SMILES string of the molecule is CC1CCN(CCC(=O)c2ccccc2Br)C(C)C1. The predicted octanol–water partition coefficient (Wildman–Crippen LogP) is 4.14. The van der Waals surface area contributed by atoms with E-state index >= 15 is 0 Å². The monoisotopic (exact) mass is 323 g/mol. The summed E-state index contributed by atoms with van der Waals surface area (Å²) in [7, 11) is 0. The molecule has 0 spiro atoms. The summed E-state index contributed by atoms with van der Waals surface area (Å²) >= 11 is 3.45. The Morgan fingerprint density at radius 3 is 2.79 bits per heavy atom. The van der Waals surface area contributed by atoms with Crippen molar-refractivity contribution < 1.29 is 4.79 Å². The average Bonchev–Trinajstić information content (AvgIpc) is 2.38. The van der Waals surface area contributed by atoms with Crippen LogP contribution in [0, 0.1) is 5.92 Å². The molecule has 104 valence electrons. The van der Waals surface area contributed by atoms with Crippen molar-refractivity contribution in [3.8, 4) is 0 Å². The molecule has 2 rings (SSSR count). The van der Waals surface area contributed by atoms with Gasteiger partial charge in [-0.2, -0.15) is 0 Å². The number of carbonyl (C=O) groups excluding carboxylic acids is 1. The Hall–Kier alpha value is -0.670. The third-order valence-electron chi connectivity index (χ3n) is 4.08. The van der Waals surface area contributed by atoms with Crippen LogP contribution in [0.2, 0.25) is 0 Å². The molecule has 1 aromatic rings. The first-order valence-corrected chi connectivity index (χ1v) is 7.89. The van der Waals surface area contributed by atoms with Gasteiger partial charge in [-0.3, -0.25) is 4.79 Å². The molecule has 1 fully saturated rings. The van der Waals surface area contributed by atoms with Crippen LogP contribution in [0.5, 0.6) is 0 Å². The summed E-state index contributed by atoms with van der Waals surface area (Å²) in [6.45, 7) is 6.61. The maximum absolute atomic E-state index is 12.2. The topological polar surface area (TPSA) is 20.3 Å². The highest BCUT2D eigenvalue weighted by molar-refractivity contribution is 9.10. The number of benzene rings is 1. The van der Waals surface area contributed by atoms with E-state index in [1.807, 2.05) is 24.3 Å². The number of Topliss-reactive ketones (excluding diaryl/α,β-unsaturated/α-hetero) is 1. The average molecular weight is 324 g/mol. The van der Waals surface area contributed by atoms with Crippen molar-refractivity contribution in [1.29, 1.82) is 0 Å². The summed E-state index contributed by atoms with van der Waals surface area (Å²) in [6, 6.07) is 8.29. The molecule has 1 aromatic carbocycles. The largest absolute Gasteiger partial charge is 0.300 e. The molecule has 0 bridgehead atoms. The van der Waals surface area contributed by atoms with E-state index in [2.05, 4.69) is 34.7 Å². The lowest BCUT2D eigenvalue weighted by molar-refractivity contribution is 0.0909. The molecule has 19 heavy (non-hydrogen) atoms. The van der Waals surface area contributed by atoms with Gasteiger partial charge < -0.3 is 4.90 Å². The first kappa shape index (κ1) is 14.7. The van der Waals surface area contributed by atoms with Crippen LogP contribution >= 0.6 is 15.9 Å². The summed E-state index contributed by atoms with van der Waals surface area (Å²) in [5.74, 6) is 1.06. The van der Waals surface area contributed by atoms with Gasteiger partial charge in [0.1, 0.15) is 0 Å². The fourth-order valence-electron chi connectivity index (χ4n) is 2.86. The summed E-state index contributed by atoms with van der Waals surface area (Å²) in [4.78, 5) is 14.7. The number of hydrogen-bond donors (Lipinski definition) is 0. The van der Waals surface area contributed by atoms with Crippen LogP contribution in [0.15, 0.2) is 28.7 Å². The Kier molecular flexibility index (Phi) is 5.17. The zero-order chi connectivity index (χ0) is 13.8. The predicted molar refractivity (Wildman–Crippen MR) is 82.5 cm³/mol. The molecular formula is C16H22BrNO. The van der Waals surface area contributed by atoms with E-state index in [1.54, 1.807) is 0 Å². The number of ketones is 1. The van der Waals surface area contributed by atoms with E-state index < -0.39 is 0 Å². The van der Waals surface area contributed by atoms with E-state index in [0.717, 1.165) is 29.0 Å². The number of hydrogen-bond acceptors (Lipinski definition) is 2. The second-order valence-corrected chi connectivity index (χ2v) is 6.52. The molecular weight excluding hydrogens is 302 g/mol. The maximum atomic E-state index is 12.2. The van der Waals surface area contributed by atoms with E-state index in [4.69, 9.17) is 0 Å². The fraction of sp³-hybridized carbons (Fsp3) is 0.562. The maximum Gasteiger partial charge on any atom is 0.165 e. The van der Waals surface area contributed by atoms with E-state index in [1.165, 1.54) is 12.8 Å². The van der Waals surface area contributed by atoms with Crippen molar-refractivity contribution in [2.24, 2.45) is 5.92 Å². The Bertz CT molecular complexity index is 446. The van der Waals surface area contributed by atoms with Crippen LogP contribution in [0.1, 0.15) is 43.5 Å². The molecule has 2 atom stereocenters. The smallest absolute Gasteiger partial charge is 0.165 e. The second kappa shape index (κ2) is 6.67. The Labute approximate surface area is 124 Å². The molecule has 0 amide bonds. The molecule has 0 aromatic heterocycles. The van der Waals surface area contributed by atoms with Gasteiger partial charge in [-0.25, -0.2) is 0 Å². The molecule has 0 aliphatic carbocycles. The lowest BCUT2D eigenvalue weighted by Crippen LogP contribution is -2.41. The van der Waals surface area contributed by atoms with Gasteiger partial charge in [0.2, 0.25) is 0 Å². The van der Waals surface area contributed by atoms with Crippen molar-refractivity contribution in [3.05, 3.63) is 34.3 Å². The first-order chi connectivity index (χ1) is 9.08. The minimum absolute atomic E-state index is 0.235. The Balaban J connectivity index is 1.89. The number of nitrogens with zero attached hydrogens (tertiary/aromatic N) is 1. The van der Waals surface area contributed by atoms with Gasteiger partial charge in [-0.05, 0) is 38.3 Å². The zero-order valence-electron chi connectivity index (χ0n) is 11.7. The molecule has 2 nitrogen and oxygen atoms in total. The summed E-state index contributed by atoms with van der Waals surface area (Å²) < 4.78 is 0.903. The van der Waals surface area contributed by atoms with Crippen molar-refractivity contribution >= 4 is 21.7 Å². The van der Waals surface area contributed by atoms with Crippen LogP contribution in [0.3, 0.4) is 0 Å². The fourth-order valence-corrected chi connectivity index (χ4v) is 3.36. The first-order valence-electron chi connectivity index (χ1n) is 7.09. The number of halogens is 1. The van der Waals surface area contributed by atoms with Gasteiger partial charge in [-0.15, -0.1) is 0 Å². The highest BCUT2D eigenvalue weighted by Crippen LogP contribution is 2.23. The highest BCUT2D eigenvalue weighted by Gasteiger charge is 2.23. The summed E-state index contributed by atoms with van der Waals surface area (Å²) in [6.07, 6.45) is 3.12. The van der Waals surface area contributed by atoms with E-state index in [9.17, 15) is 4.79 Å². The molecule has 3 heteroatoms. The van der Waals surface area contributed by atoms with Crippen LogP contribution in [-0.4, -0.2) is 29.8 Å². The normalized spacial score (nSPS) is 24.4. The number of carbonyl (C=O) groups is 1. The second-order valence-electron chi connectivity index (χ2n) is 5.67. The van der Waals surface area contributed by atoms with Gasteiger partial charge in [0.05, 0.1) is 0 Å². The van der Waals surface area contributed by atoms with Gasteiger partial charge in [-0.1, -0.05) is 41.1 Å². The molecule has 0 radical (unpaired) electrons. The molecule has 1 aliphatic rings. The minimum atomic E-state index is 0.235. The van der Waals surface area contributed by atoms with Gasteiger partial charge in [0.25, 0.3) is 0 Å². The van der Waals surface area contributed by atoms with Crippen molar-refractivity contribution in [3.63, 3.8) is 0 Å². The van der Waals surface area contributed by atoms with Crippen LogP contribution in [-0.2, 0) is 0 Å². The lowest BCUT2D eigenvalue weighted by atomic mass is 9.93. The molecule has 1 aliphatic heterocycles. The summed E-state index contributed by atoms with van der Waals surface area (Å²) in [5, 5.41) is 0. The quantitative estimate of drug-likeness (QED) is 0.776. The van der Waals surface area contributed by atoms with Gasteiger partial charge >= 0.3 is 0 Å². The minimum Gasteiger partial charge on any atom is -0.300 e. The third kappa shape index (κ3) is 3.90. The van der Waals surface area contributed by atoms with E-state index in [0.29, 0.717) is 12.5 Å². The summed E-state index contributed by atoms with van der Waals surface area (Å²) in [5.41, 5.74) is 0.806. The van der Waals surface area contributed by atoms with Crippen LogP contribution in [0.25, 0.3) is 0 Å². The van der Waals surface area contributed by atoms with Crippen LogP contribution in [0.4, 0.5) is 0 Å². The Morgan fingerprint density at radius 2 is 2.11 bits per heavy atom. The van der Waals surface area contributed by atoms with Gasteiger partial charge in [0.15, 0.2) is 5.78 Å². The van der Waals surface area contributed by atoms with Crippen LogP contribution < -0.4 is 0 Å². The van der Waals surface area contributed by atoms with Crippen molar-refractivity contribution in [1.82, 2.24) is 4.90 Å². The van der Waals surface area contributed by atoms with Crippen molar-refractivity contribution in [2.75, 3.05) is 13.1 Å². The molecule has 0 N–H and O–H groups in total. The number of rotatable bonds is 4. The highest BCUT2D eigenvalue weighted by atomic mass is 79.9. The lowest BCUT2D eigenvalue weighted by Gasteiger charge is -2.36. The molecule has 1 heterocycles. The number of piperidine rings is 1. The standard InChI is InChI=1S/C16H22BrNO/c1-12-7-9-18(13(2)11-12)10-8-16(19)14-5-3-4-6-15(14)17/h3-6,12-13H,7-11H2,1-2H3. The molecule has 0 saturated carbocycles. The zero-order valence-corrected chi connectivity index (χ0v) is 13.3. The molecule has 1 saturated heterocycles. The van der Waals surface area contributed by atoms with Gasteiger partial charge in [0, 0.05) is 29.0 Å². The number of likely N-dealkylation sites (tertiary alicyclic amines) is 1. The van der Waals surface area contributed by atoms with Crippen molar-refractivity contribution in [2.45, 2.75) is 39.2 Å². The molecule has 2 unspecified atom stereocenters. The van der Waals surface area contributed by atoms with E-state index in [-0.39, 0.29) is 5.78 Å².